The molecule has 1 nitrogen and oxygen atoms in total. The first-order chi connectivity index (χ1) is 11.4. The normalized spacial score (nSPS) is 10.8. The highest BCUT2D eigenvalue weighted by atomic mass is 14.6. The van der Waals surface area contributed by atoms with Gasteiger partial charge in [-0.25, -0.2) is 0 Å². The predicted octanol–water partition coefficient (Wildman–Crippen LogP) is 6.38. The number of hydrogen-bond acceptors (Lipinski definition) is 1. The Kier molecular flexibility index (Phi) is 9.15. The van der Waals surface area contributed by atoms with Crippen LogP contribution in [-0.2, 0) is 12.8 Å². The summed E-state index contributed by atoms with van der Waals surface area (Å²) < 4.78 is 0. The smallest absolute Gasteiger partial charge is 0.0299 e. The molecule has 0 aliphatic carbocycles. The Morgan fingerprint density at radius 2 is 1.04 bits per heavy atom. The zero-order chi connectivity index (χ0) is 16.0. The molecule has 0 aliphatic rings. The standard InChI is InChI=1S/C22H31N/c1(2-4-6-9-14-21-15-11-8-12-16-21)3-5-7-10-17-22-18-13-19-23-20-22/h8,11-13,15-16,18-20H,1-7,9-10,14,17H2. The predicted molar refractivity (Wildman–Crippen MR) is 99.6 cm³/mol. The van der Waals surface area contributed by atoms with Crippen LogP contribution in [-0.4, -0.2) is 4.98 Å². The topological polar surface area (TPSA) is 12.9 Å². The van der Waals surface area contributed by atoms with Crippen LogP contribution in [0.4, 0.5) is 0 Å². The summed E-state index contributed by atoms with van der Waals surface area (Å²) in [4.78, 5) is 4.17. The average Bonchev–Trinajstić information content (AvgIpc) is 2.61. The number of hydrogen-bond donors (Lipinski definition) is 0. The van der Waals surface area contributed by atoms with Gasteiger partial charge in [0.05, 0.1) is 0 Å². The minimum Gasteiger partial charge on any atom is -0.264 e. The Morgan fingerprint density at radius 3 is 1.61 bits per heavy atom. The molecule has 1 heterocycles. The molecule has 23 heavy (non-hydrogen) atoms. The molecule has 0 aliphatic heterocycles. The van der Waals surface area contributed by atoms with Crippen molar-refractivity contribution in [1.82, 2.24) is 4.98 Å². The summed E-state index contributed by atoms with van der Waals surface area (Å²) in [6, 6.07) is 15.1. The van der Waals surface area contributed by atoms with Crippen LogP contribution in [0.15, 0.2) is 54.9 Å². The lowest BCUT2D eigenvalue weighted by Crippen LogP contribution is -1.88. The van der Waals surface area contributed by atoms with Crippen molar-refractivity contribution in [2.45, 2.75) is 70.6 Å². The first-order valence-corrected chi connectivity index (χ1v) is 9.38. The molecular weight excluding hydrogens is 278 g/mol. The van der Waals surface area contributed by atoms with E-state index in [0.717, 1.165) is 0 Å². The Balaban J connectivity index is 1.34. The zero-order valence-electron chi connectivity index (χ0n) is 14.4. The largest absolute Gasteiger partial charge is 0.264 e. The second-order valence-electron chi connectivity index (χ2n) is 6.53. The van der Waals surface area contributed by atoms with E-state index in [1.54, 1.807) is 0 Å². The van der Waals surface area contributed by atoms with Crippen molar-refractivity contribution in [3.8, 4) is 0 Å². The van der Waals surface area contributed by atoms with Gasteiger partial charge in [0.15, 0.2) is 0 Å². The monoisotopic (exact) mass is 309 g/mol. The number of benzene rings is 1. The van der Waals surface area contributed by atoms with Crippen molar-refractivity contribution < 1.29 is 0 Å². The van der Waals surface area contributed by atoms with Crippen molar-refractivity contribution in [2.75, 3.05) is 0 Å². The van der Waals surface area contributed by atoms with Gasteiger partial charge in [0, 0.05) is 12.4 Å². The molecule has 0 N–H and O–H groups in total. The quantitative estimate of drug-likeness (QED) is 0.415. The molecule has 2 rings (SSSR count). The van der Waals surface area contributed by atoms with E-state index >= 15 is 0 Å². The summed E-state index contributed by atoms with van der Waals surface area (Å²) in [5.41, 5.74) is 2.87. The van der Waals surface area contributed by atoms with Crippen LogP contribution in [0.2, 0.25) is 0 Å². The average molecular weight is 309 g/mol. The zero-order valence-corrected chi connectivity index (χ0v) is 14.4. The second kappa shape index (κ2) is 11.9. The van der Waals surface area contributed by atoms with Crippen LogP contribution in [0.3, 0.4) is 0 Å². The van der Waals surface area contributed by atoms with Gasteiger partial charge in [-0.05, 0) is 42.9 Å². The maximum Gasteiger partial charge on any atom is 0.0299 e. The van der Waals surface area contributed by atoms with Gasteiger partial charge < -0.3 is 0 Å². The first kappa shape index (κ1) is 17.7. The van der Waals surface area contributed by atoms with Gasteiger partial charge in [0.25, 0.3) is 0 Å². The van der Waals surface area contributed by atoms with Crippen LogP contribution < -0.4 is 0 Å². The van der Waals surface area contributed by atoms with Crippen molar-refractivity contribution in [3.05, 3.63) is 66.0 Å². The summed E-state index contributed by atoms with van der Waals surface area (Å²) in [6.07, 6.45) is 18.7. The number of rotatable bonds is 12. The van der Waals surface area contributed by atoms with E-state index in [9.17, 15) is 0 Å². The van der Waals surface area contributed by atoms with Crippen molar-refractivity contribution >= 4 is 0 Å². The Morgan fingerprint density at radius 1 is 0.522 bits per heavy atom. The third-order valence-corrected chi connectivity index (χ3v) is 4.50. The van der Waals surface area contributed by atoms with E-state index in [-0.39, 0.29) is 0 Å². The van der Waals surface area contributed by atoms with Crippen LogP contribution >= 0.6 is 0 Å². The van der Waals surface area contributed by atoms with Gasteiger partial charge in [-0.2, -0.15) is 0 Å². The highest BCUT2D eigenvalue weighted by molar-refractivity contribution is 5.14. The highest BCUT2D eigenvalue weighted by Crippen LogP contribution is 2.13. The van der Waals surface area contributed by atoms with E-state index in [4.69, 9.17) is 0 Å². The minimum atomic E-state index is 1.19. The van der Waals surface area contributed by atoms with Crippen LogP contribution in [0.1, 0.15) is 68.9 Å². The van der Waals surface area contributed by atoms with E-state index in [1.807, 2.05) is 18.5 Å². The number of aryl methyl sites for hydroxylation is 2. The highest BCUT2D eigenvalue weighted by Gasteiger charge is 1.96. The molecule has 0 atom stereocenters. The fourth-order valence-corrected chi connectivity index (χ4v) is 3.09. The summed E-state index contributed by atoms with van der Waals surface area (Å²) >= 11 is 0. The Hall–Kier alpha value is -1.63. The lowest BCUT2D eigenvalue weighted by molar-refractivity contribution is 0.558. The lowest BCUT2D eigenvalue weighted by atomic mass is 10.0. The number of pyridine rings is 1. The Bertz CT molecular complexity index is 444. The first-order valence-electron chi connectivity index (χ1n) is 9.38. The van der Waals surface area contributed by atoms with Gasteiger partial charge in [0.2, 0.25) is 0 Å². The minimum absolute atomic E-state index is 1.19. The Labute approximate surface area is 142 Å². The summed E-state index contributed by atoms with van der Waals surface area (Å²) in [5, 5.41) is 0. The summed E-state index contributed by atoms with van der Waals surface area (Å²) in [6.45, 7) is 0. The third kappa shape index (κ3) is 8.54. The van der Waals surface area contributed by atoms with Crippen molar-refractivity contribution in [1.29, 1.82) is 0 Å². The van der Waals surface area contributed by atoms with E-state index < -0.39 is 0 Å². The summed E-state index contributed by atoms with van der Waals surface area (Å²) in [7, 11) is 0. The summed E-state index contributed by atoms with van der Waals surface area (Å²) in [5.74, 6) is 0. The van der Waals surface area contributed by atoms with Gasteiger partial charge >= 0.3 is 0 Å². The molecule has 0 amide bonds. The molecule has 0 bridgehead atoms. The number of aromatic nitrogens is 1. The number of unbranched alkanes of at least 4 members (excludes halogenated alkanes) is 8. The van der Waals surface area contributed by atoms with Crippen molar-refractivity contribution in [3.63, 3.8) is 0 Å². The van der Waals surface area contributed by atoms with Crippen LogP contribution in [0.5, 0.6) is 0 Å². The SMILES string of the molecule is c1ccc(CCCCCCCCCCCc2cccnc2)cc1. The maximum atomic E-state index is 4.17. The molecule has 0 saturated heterocycles. The van der Waals surface area contributed by atoms with Gasteiger partial charge in [-0.3, -0.25) is 4.98 Å². The molecule has 1 aromatic carbocycles. The van der Waals surface area contributed by atoms with Gasteiger partial charge in [-0.1, -0.05) is 81.3 Å². The second-order valence-corrected chi connectivity index (χ2v) is 6.53. The third-order valence-electron chi connectivity index (χ3n) is 4.50. The molecule has 1 heteroatoms. The van der Waals surface area contributed by atoms with Crippen LogP contribution in [0.25, 0.3) is 0 Å². The number of nitrogens with zero attached hydrogens (tertiary/aromatic N) is 1. The molecular formula is C22H31N. The van der Waals surface area contributed by atoms with E-state index in [1.165, 1.54) is 81.8 Å². The molecule has 0 spiro atoms. The fraction of sp³-hybridized carbons (Fsp3) is 0.500. The molecule has 0 unspecified atom stereocenters. The molecule has 0 saturated carbocycles. The maximum absolute atomic E-state index is 4.17. The fourth-order valence-electron chi connectivity index (χ4n) is 3.09. The molecule has 2 aromatic rings. The molecule has 124 valence electrons. The molecule has 0 fully saturated rings. The molecule has 1 aromatic heterocycles. The molecule has 0 radical (unpaired) electrons. The van der Waals surface area contributed by atoms with Gasteiger partial charge in [-0.15, -0.1) is 0 Å². The van der Waals surface area contributed by atoms with Gasteiger partial charge in [0.1, 0.15) is 0 Å². The van der Waals surface area contributed by atoms with Crippen molar-refractivity contribution in [2.24, 2.45) is 0 Å². The van der Waals surface area contributed by atoms with E-state index in [0.29, 0.717) is 0 Å². The van der Waals surface area contributed by atoms with Crippen LogP contribution in [0, 0.1) is 0 Å². The van der Waals surface area contributed by atoms with E-state index in [2.05, 4.69) is 41.4 Å². The lowest BCUT2D eigenvalue weighted by Gasteiger charge is -2.03.